The van der Waals surface area contributed by atoms with E-state index in [-0.39, 0.29) is 29.1 Å². The van der Waals surface area contributed by atoms with Crippen LogP contribution in [0.1, 0.15) is 62.5 Å². The zero-order valence-corrected chi connectivity index (χ0v) is 31.8. The van der Waals surface area contributed by atoms with Crippen LogP contribution in [0.25, 0.3) is 0 Å². The molecule has 0 aromatic heterocycles. The highest BCUT2D eigenvalue weighted by Gasteiger charge is 2.47. The van der Waals surface area contributed by atoms with E-state index in [0.29, 0.717) is 67.7 Å². The van der Waals surface area contributed by atoms with E-state index in [1.165, 1.54) is 14.2 Å². The first kappa shape index (κ1) is 39.1. The van der Waals surface area contributed by atoms with Gasteiger partial charge in [0.1, 0.15) is 5.60 Å². The molecule has 1 aliphatic heterocycles. The Bertz CT molecular complexity index is 1560. The minimum atomic E-state index is -0.820. The summed E-state index contributed by atoms with van der Waals surface area (Å²) >= 11 is 0. The molecule has 5 unspecified atom stereocenters. The summed E-state index contributed by atoms with van der Waals surface area (Å²) in [6.45, 7) is 0.585. The predicted molar refractivity (Wildman–Crippen MR) is 206 cm³/mol. The fraction of sp³-hybridized carbons (Fsp3) is 0.579. The molecule has 2 aromatic rings. The van der Waals surface area contributed by atoms with Crippen molar-refractivity contribution in [2.45, 2.75) is 76.1 Å². The quantitative estimate of drug-likeness (QED) is 0.0958. The molecule has 11 nitrogen and oxygen atoms in total. The van der Waals surface area contributed by atoms with Crippen molar-refractivity contribution in [2.75, 3.05) is 51.8 Å². The number of likely N-dealkylation sites (N-methyl/N-ethyl adjacent to an activating group) is 1. The van der Waals surface area contributed by atoms with Gasteiger partial charge in [-0.25, -0.2) is 0 Å². The third kappa shape index (κ3) is 9.67. The highest BCUT2D eigenvalue weighted by molar-refractivity contribution is 8.76. The van der Waals surface area contributed by atoms with Crippen molar-refractivity contribution in [3.63, 3.8) is 0 Å². The van der Waals surface area contributed by atoms with Gasteiger partial charge in [0.25, 0.3) is 0 Å². The number of aryl methyl sites for hydroxylation is 1. The van der Waals surface area contributed by atoms with Gasteiger partial charge in [-0.15, -0.1) is 0 Å². The van der Waals surface area contributed by atoms with Crippen molar-refractivity contribution in [1.82, 2.24) is 10.6 Å². The summed E-state index contributed by atoms with van der Waals surface area (Å²) in [5.74, 6) is 3.37. The number of carbonyl (C=O) groups is 1. The molecule has 0 radical (unpaired) electrons. The van der Waals surface area contributed by atoms with Crippen molar-refractivity contribution in [2.24, 2.45) is 22.2 Å². The molecule has 6 N–H and O–H groups in total. The van der Waals surface area contributed by atoms with Gasteiger partial charge in [-0.3, -0.25) is 9.79 Å². The Morgan fingerprint density at radius 3 is 2.73 bits per heavy atom. The number of hydrogen-bond acceptors (Lipinski definition) is 11. The molecule has 5 rings (SSSR count). The number of allylic oxidation sites excluding steroid dienone is 2. The van der Waals surface area contributed by atoms with Crippen molar-refractivity contribution in [3.8, 4) is 23.0 Å². The van der Waals surface area contributed by atoms with Gasteiger partial charge >= 0.3 is 0 Å². The van der Waals surface area contributed by atoms with Gasteiger partial charge in [-0.05, 0) is 112 Å². The lowest BCUT2D eigenvalue weighted by Crippen LogP contribution is -2.43. The van der Waals surface area contributed by atoms with E-state index in [1.54, 1.807) is 40.8 Å². The van der Waals surface area contributed by atoms with Crippen LogP contribution in [-0.4, -0.2) is 85.4 Å². The second-order valence-corrected chi connectivity index (χ2v) is 16.5. The van der Waals surface area contributed by atoms with Gasteiger partial charge in [-0.2, -0.15) is 0 Å². The van der Waals surface area contributed by atoms with Gasteiger partial charge in [-0.1, -0.05) is 40.2 Å². The number of aliphatic imine (C=N–C) groups is 1. The maximum atomic E-state index is 14.2. The van der Waals surface area contributed by atoms with Gasteiger partial charge < -0.3 is 45.5 Å². The molecular formula is C38H54N4O7S2. The van der Waals surface area contributed by atoms with Crippen LogP contribution in [0.3, 0.4) is 0 Å². The Morgan fingerprint density at radius 1 is 1.12 bits per heavy atom. The number of fused-ring (bicyclic) bond motifs is 3. The first-order valence-corrected chi connectivity index (χ1v) is 20.3. The van der Waals surface area contributed by atoms with Crippen LogP contribution in [-0.2, 0) is 22.4 Å². The Balaban J connectivity index is 1.42. The van der Waals surface area contributed by atoms with E-state index in [0.717, 1.165) is 49.0 Å². The Kier molecular flexibility index (Phi) is 13.9. The Hall–Kier alpha value is -3.10. The number of aromatic hydroxyl groups is 2. The van der Waals surface area contributed by atoms with Crippen molar-refractivity contribution in [1.29, 1.82) is 0 Å². The van der Waals surface area contributed by atoms with Gasteiger partial charge in [0.2, 0.25) is 0 Å². The fourth-order valence-corrected chi connectivity index (χ4v) is 10.3. The Morgan fingerprint density at radius 2 is 1.96 bits per heavy atom. The number of methoxy groups -OCH3 is 2. The van der Waals surface area contributed by atoms with Crippen LogP contribution in [0, 0.1) is 17.3 Å². The summed E-state index contributed by atoms with van der Waals surface area (Å²) in [5, 5.41) is 41.8. The number of nitrogens with one attached hydrogen (secondary N) is 3. The second-order valence-electron chi connectivity index (χ2n) is 14.0. The number of nitrogens with zero attached hydrogens (tertiary/aromatic N) is 1. The number of phenols is 2. The molecule has 0 saturated heterocycles. The summed E-state index contributed by atoms with van der Waals surface area (Å²) in [6.07, 6.45) is 10.4. The first-order valence-electron chi connectivity index (χ1n) is 17.8. The zero-order valence-electron chi connectivity index (χ0n) is 30.2. The monoisotopic (exact) mass is 742 g/mol. The number of aliphatic hydroxyl groups excluding tert-OH is 1. The fourth-order valence-electron chi connectivity index (χ4n) is 8.02. The van der Waals surface area contributed by atoms with E-state index in [9.17, 15) is 20.1 Å². The van der Waals surface area contributed by atoms with E-state index in [1.807, 2.05) is 37.4 Å². The largest absolute Gasteiger partial charge is 0.504 e. The molecule has 2 aromatic carbocycles. The topological polar surface area (TPSA) is 154 Å². The van der Waals surface area contributed by atoms with E-state index in [2.05, 4.69) is 20.9 Å². The molecule has 2 aliphatic carbocycles. The highest BCUT2D eigenvalue weighted by atomic mass is 33.1. The SMILES string of the molecule is CN=C1NCSSCC2CCCC2(Cc2ccc(O)c(OC)c2)C(=O)C=CCCc2cc(c(O)c(OC3(CNC)CCC(CC(O)OC)C3)c2)N1. The van der Waals surface area contributed by atoms with E-state index in [4.69, 9.17) is 14.2 Å². The molecule has 2 saturated carbocycles. The van der Waals surface area contributed by atoms with Crippen molar-refractivity contribution < 1.29 is 34.3 Å². The first-order chi connectivity index (χ1) is 24.6. The predicted octanol–water partition coefficient (Wildman–Crippen LogP) is 6.03. The summed E-state index contributed by atoms with van der Waals surface area (Å²) in [4.78, 5) is 18.7. The number of hydrogen-bond donors (Lipinski definition) is 6. The van der Waals surface area contributed by atoms with Gasteiger partial charge in [0.05, 0.1) is 18.7 Å². The molecule has 13 heteroatoms. The molecule has 2 fully saturated rings. The molecule has 0 spiro atoms. The van der Waals surface area contributed by atoms with Crippen LogP contribution in [0.5, 0.6) is 23.0 Å². The maximum Gasteiger partial charge on any atom is 0.196 e. The van der Waals surface area contributed by atoms with Gasteiger partial charge in [0.15, 0.2) is 41.0 Å². The lowest BCUT2D eigenvalue weighted by Gasteiger charge is -2.33. The van der Waals surface area contributed by atoms with Crippen LogP contribution in [0.15, 0.2) is 47.5 Å². The summed E-state index contributed by atoms with van der Waals surface area (Å²) in [7, 11) is 10.1. The zero-order chi connectivity index (χ0) is 36.4. The van der Waals surface area contributed by atoms with E-state index >= 15 is 0 Å². The number of phenolic OH excluding ortho intramolecular Hbond substituents is 2. The van der Waals surface area contributed by atoms with Crippen molar-refractivity contribution in [3.05, 3.63) is 53.6 Å². The molecular weight excluding hydrogens is 689 g/mol. The summed E-state index contributed by atoms with van der Waals surface area (Å²) < 4.78 is 17.3. The van der Waals surface area contributed by atoms with Crippen LogP contribution >= 0.6 is 21.6 Å². The lowest BCUT2D eigenvalue weighted by molar-refractivity contribution is -0.125. The average Bonchev–Trinajstić information content (AvgIpc) is 3.71. The number of carbonyl (C=O) groups excluding carboxylic acids is 1. The molecule has 51 heavy (non-hydrogen) atoms. The Labute approximate surface area is 309 Å². The smallest absolute Gasteiger partial charge is 0.196 e. The number of guanidine groups is 1. The van der Waals surface area contributed by atoms with Gasteiger partial charge in [0, 0.05) is 38.3 Å². The number of ketones is 1. The standard InChI is InChI=1S/C38H54N4O7S2/c1-39-23-37(15-13-27(20-37)19-34(45)48-4)49-32-17-25-8-5-6-10-33(44)38(21-26-11-12-30(43)31(18-26)47-3)14-7-9-28(38)22-50-51-24-41-36(40-2)42-29(16-25)35(32)46/h6,10-12,16-18,27-28,34,39,43,45-46H,5,7-9,13-15,19-24H2,1-4H3,(H2,40,41,42). The molecule has 1 heterocycles. The third-order valence-corrected chi connectivity index (χ3v) is 12.9. The highest BCUT2D eigenvalue weighted by Crippen LogP contribution is 2.50. The molecule has 2 bridgehead atoms. The molecule has 280 valence electrons. The maximum absolute atomic E-state index is 14.2. The van der Waals surface area contributed by atoms with Crippen LogP contribution < -0.4 is 25.4 Å². The number of anilines is 1. The van der Waals surface area contributed by atoms with E-state index < -0.39 is 17.3 Å². The third-order valence-electron chi connectivity index (χ3n) is 10.6. The summed E-state index contributed by atoms with van der Waals surface area (Å²) in [6, 6.07) is 9.19. The molecule has 0 amide bonds. The number of rotatable bonds is 10. The average molecular weight is 743 g/mol. The minimum absolute atomic E-state index is 0.00356. The van der Waals surface area contributed by atoms with Crippen molar-refractivity contribution >= 4 is 39.0 Å². The lowest BCUT2D eigenvalue weighted by atomic mass is 9.70. The number of ether oxygens (including phenoxy) is 3. The second kappa shape index (κ2) is 18.1. The summed E-state index contributed by atoms with van der Waals surface area (Å²) in [5.41, 5.74) is 1.29. The van der Waals surface area contributed by atoms with Crippen LogP contribution in [0.2, 0.25) is 0 Å². The van der Waals surface area contributed by atoms with Crippen LogP contribution in [0.4, 0.5) is 5.69 Å². The number of benzene rings is 2. The number of aliphatic hydroxyl groups is 1. The normalized spacial score (nSPS) is 27.3. The molecule has 5 atom stereocenters. The minimum Gasteiger partial charge on any atom is -0.504 e. The molecule has 3 aliphatic rings.